The number of rotatable bonds is 2. The molecule has 0 aliphatic heterocycles. The number of aliphatic carboxylic acids is 1. The molecule has 3 nitrogen and oxygen atoms in total. The summed E-state index contributed by atoms with van der Waals surface area (Å²) in [6.45, 7) is 0. The van der Waals surface area contributed by atoms with Crippen LogP contribution in [0.5, 0.6) is 5.75 Å². The van der Waals surface area contributed by atoms with E-state index in [-0.39, 0.29) is 17.6 Å². The third-order valence-electron chi connectivity index (χ3n) is 2.93. The number of aromatic hydroxyl groups is 1. The van der Waals surface area contributed by atoms with Gasteiger partial charge in [-0.1, -0.05) is 18.2 Å². The van der Waals surface area contributed by atoms with E-state index in [1.165, 1.54) is 0 Å². The lowest BCUT2D eigenvalue weighted by molar-refractivity contribution is -0.145. The molecule has 3 heteroatoms. The Balaban J connectivity index is 2.24. The zero-order chi connectivity index (χ0) is 10.1. The highest BCUT2D eigenvalue weighted by molar-refractivity contribution is 5.73. The molecule has 0 amide bonds. The first kappa shape index (κ1) is 9.06. The summed E-state index contributed by atoms with van der Waals surface area (Å²) in [5.41, 5.74) is 0.770. The third kappa shape index (κ3) is 1.35. The predicted molar refractivity (Wildman–Crippen MR) is 51.2 cm³/mol. The van der Waals surface area contributed by atoms with Gasteiger partial charge in [0.1, 0.15) is 5.75 Å². The van der Waals surface area contributed by atoms with E-state index in [1.54, 1.807) is 18.2 Å². The highest BCUT2D eigenvalue weighted by atomic mass is 16.4. The summed E-state index contributed by atoms with van der Waals surface area (Å²) in [6.07, 6.45) is 1.57. The Labute approximate surface area is 82.0 Å². The Hall–Kier alpha value is -1.51. The molecule has 2 atom stereocenters. The van der Waals surface area contributed by atoms with E-state index in [0.717, 1.165) is 12.0 Å². The second-order valence-electron chi connectivity index (χ2n) is 3.69. The van der Waals surface area contributed by atoms with E-state index in [0.29, 0.717) is 6.42 Å². The molecule has 74 valence electrons. The fourth-order valence-corrected chi connectivity index (χ4v) is 1.97. The van der Waals surface area contributed by atoms with Gasteiger partial charge in [-0.2, -0.15) is 0 Å². The van der Waals surface area contributed by atoms with E-state index >= 15 is 0 Å². The summed E-state index contributed by atoms with van der Waals surface area (Å²) < 4.78 is 0. The largest absolute Gasteiger partial charge is 0.508 e. The van der Waals surface area contributed by atoms with Crippen LogP contribution in [0.4, 0.5) is 0 Å². The van der Waals surface area contributed by atoms with E-state index < -0.39 is 5.97 Å². The normalized spacial score (nSPS) is 25.4. The van der Waals surface area contributed by atoms with Crippen LogP contribution in [0.15, 0.2) is 24.3 Å². The Kier molecular flexibility index (Phi) is 2.15. The van der Waals surface area contributed by atoms with E-state index in [9.17, 15) is 9.90 Å². The molecule has 0 spiro atoms. The Morgan fingerprint density at radius 2 is 2.00 bits per heavy atom. The molecule has 0 aromatic heterocycles. The summed E-state index contributed by atoms with van der Waals surface area (Å²) in [5.74, 6) is -0.870. The van der Waals surface area contributed by atoms with Gasteiger partial charge in [0.05, 0.1) is 5.92 Å². The highest BCUT2D eigenvalue weighted by Crippen LogP contribution is 2.45. The molecular weight excluding hydrogens is 180 g/mol. The van der Waals surface area contributed by atoms with Gasteiger partial charge in [0.25, 0.3) is 0 Å². The van der Waals surface area contributed by atoms with Crippen molar-refractivity contribution in [2.75, 3.05) is 0 Å². The van der Waals surface area contributed by atoms with Crippen LogP contribution >= 0.6 is 0 Å². The molecule has 1 aromatic rings. The molecule has 1 fully saturated rings. The smallest absolute Gasteiger partial charge is 0.307 e. The molecule has 14 heavy (non-hydrogen) atoms. The molecule has 0 radical (unpaired) electrons. The topological polar surface area (TPSA) is 57.5 Å². The molecule has 2 rings (SSSR count). The van der Waals surface area contributed by atoms with Crippen molar-refractivity contribution in [3.8, 4) is 5.75 Å². The monoisotopic (exact) mass is 192 g/mol. The van der Waals surface area contributed by atoms with Crippen molar-refractivity contribution in [1.82, 2.24) is 0 Å². The minimum Gasteiger partial charge on any atom is -0.508 e. The van der Waals surface area contributed by atoms with Crippen LogP contribution in [0.1, 0.15) is 24.3 Å². The number of hydrogen-bond acceptors (Lipinski definition) is 2. The number of phenols is 1. The van der Waals surface area contributed by atoms with Gasteiger partial charge in [0, 0.05) is 5.92 Å². The number of phenolic OH excluding ortho intramolecular Hbond substituents is 1. The molecule has 2 N–H and O–H groups in total. The van der Waals surface area contributed by atoms with Crippen molar-refractivity contribution in [3.05, 3.63) is 29.8 Å². The van der Waals surface area contributed by atoms with Gasteiger partial charge in [0.15, 0.2) is 0 Å². The zero-order valence-corrected chi connectivity index (χ0v) is 7.68. The van der Waals surface area contributed by atoms with Gasteiger partial charge in [-0.15, -0.1) is 0 Å². The minimum absolute atomic E-state index is 0.00583. The quantitative estimate of drug-likeness (QED) is 0.753. The molecule has 0 saturated heterocycles. The SMILES string of the molecule is O=C(O)C1CCC1c1ccccc1O. The first-order chi connectivity index (χ1) is 6.70. The summed E-state index contributed by atoms with van der Waals surface area (Å²) in [4.78, 5) is 10.8. The fourth-order valence-electron chi connectivity index (χ4n) is 1.97. The van der Waals surface area contributed by atoms with Crippen molar-refractivity contribution in [2.45, 2.75) is 18.8 Å². The lowest BCUT2D eigenvalue weighted by Gasteiger charge is -2.33. The van der Waals surface area contributed by atoms with Gasteiger partial charge in [-0.05, 0) is 24.5 Å². The second-order valence-corrected chi connectivity index (χ2v) is 3.69. The number of para-hydroxylation sites is 1. The van der Waals surface area contributed by atoms with Crippen LogP contribution in [0.25, 0.3) is 0 Å². The summed E-state index contributed by atoms with van der Waals surface area (Å²) in [6, 6.07) is 6.97. The van der Waals surface area contributed by atoms with Gasteiger partial charge in [-0.3, -0.25) is 4.79 Å². The predicted octanol–water partition coefficient (Wildman–Crippen LogP) is 1.97. The van der Waals surface area contributed by atoms with E-state index in [2.05, 4.69) is 0 Å². The number of carboxylic acid groups (broad SMARTS) is 1. The molecule has 2 unspecified atom stereocenters. The van der Waals surface area contributed by atoms with Crippen LogP contribution in [0.2, 0.25) is 0 Å². The zero-order valence-electron chi connectivity index (χ0n) is 7.68. The third-order valence-corrected chi connectivity index (χ3v) is 2.93. The molecule has 1 aromatic carbocycles. The van der Waals surface area contributed by atoms with E-state index in [1.807, 2.05) is 6.07 Å². The maximum Gasteiger partial charge on any atom is 0.307 e. The van der Waals surface area contributed by atoms with Crippen LogP contribution < -0.4 is 0 Å². The first-order valence-corrected chi connectivity index (χ1v) is 4.71. The van der Waals surface area contributed by atoms with Gasteiger partial charge in [0.2, 0.25) is 0 Å². The summed E-state index contributed by atoms with van der Waals surface area (Å²) in [5, 5.41) is 18.4. The molecule has 1 aliphatic rings. The highest BCUT2D eigenvalue weighted by Gasteiger charge is 2.38. The molecular formula is C11H12O3. The number of hydrogen-bond donors (Lipinski definition) is 2. The van der Waals surface area contributed by atoms with E-state index in [4.69, 9.17) is 5.11 Å². The van der Waals surface area contributed by atoms with Crippen LogP contribution in [-0.4, -0.2) is 16.2 Å². The van der Waals surface area contributed by atoms with Crippen LogP contribution in [0, 0.1) is 5.92 Å². The summed E-state index contributed by atoms with van der Waals surface area (Å²) >= 11 is 0. The first-order valence-electron chi connectivity index (χ1n) is 4.71. The lowest BCUT2D eigenvalue weighted by Crippen LogP contribution is -2.30. The maximum atomic E-state index is 10.8. The van der Waals surface area contributed by atoms with Gasteiger partial charge >= 0.3 is 5.97 Å². The van der Waals surface area contributed by atoms with Crippen LogP contribution in [0.3, 0.4) is 0 Å². The Morgan fingerprint density at radius 1 is 1.29 bits per heavy atom. The number of carboxylic acids is 1. The average molecular weight is 192 g/mol. The van der Waals surface area contributed by atoms with Crippen molar-refractivity contribution < 1.29 is 15.0 Å². The number of carbonyl (C=O) groups is 1. The summed E-state index contributed by atoms with van der Waals surface area (Å²) in [7, 11) is 0. The van der Waals surface area contributed by atoms with Crippen LogP contribution in [-0.2, 0) is 4.79 Å². The standard InChI is InChI=1S/C11H12O3/c12-10-4-2-1-3-8(10)7-5-6-9(7)11(13)14/h1-4,7,9,12H,5-6H2,(H,13,14). The second kappa shape index (κ2) is 3.33. The fraction of sp³-hybridized carbons (Fsp3) is 0.364. The van der Waals surface area contributed by atoms with Crippen molar-refractivity contribution in [1.29, 1.82) is 0 Å². The Bertz CT molecular complexity index is 359. The maximum absolute atomic E-state index is 10.8. The molecule has 1 aliphatic carbocycles. The molecule has 0 bridgehead atoms. The van der Waals surface area contributed by atoms with Crippen molar-refractivity contribution in [2.24, 2.45) is 5.92 Å². The molecule has 1 saturated carbocycles. The van der Waals surface area contributed by atoms with Gasteiger partial charge < -0.3 is 10.2 Å². The minimum atomic E-state index is -0.760. The lowest BCUT2D eigenvalue weighted by atomic mass is 9.70. The van der Waals surface area contributed by atoms with Crippen molar-refractivity contribution >= 4 is 5.97 Å². The molecule has 0 heterocycles. The Morgan fingerprint density at radius 3 is 2.50 bits per heavy atom. The van der Waals surface area contributed by atoms with Crippen molar-refractivity contribution in [3.63, 3.8) is 0 Å². The van der Waals surface area contributed by atoms with Gasteiger partial charge in [-0.25, -0.2) is 0 Å². The average Bonchev–Trinajstić information content (AvgIpc) is 2.05. The number of benzene rings is 1.